The second kappa shape index (κ2) is 13.5. The van der Waals surface area contributed by atoms with Crippen LogP contribution < -0.4 is 22.9 Å². The molecule has 0 aromatic heterocycles. The molecule has 0 aromatic carbocycles. The molecule has 1 aliphatic carbocycles. The summed E-state index contributed by atoms with van der Waals surface area (Å²) in [5, 5.41) is 0. The summed E-state index contributed by atoms with van der Waals surface area (Å²) >= 11 is 0. The van der Waals surface area contributed by atoms with Crippen molar-refractivity contribution in [3.8, 4) is 0 Å². The molecule has 6 heteroatoms. The van der Waals surface area contributed by atoms with E-state index in [0.29, 0.717) is 0 Å². The number of primary amides is 4. The zero-order valence-corrected chi connectivity index (χ0v) is 9.78. The highest BCUT2D eigenvalue weighted by molar-refractivity contribution is 5.69. The van der Waals surface area contributed by atoms with E-state index in [0.717, 1.165) is 0 Å². The molecule has 1 aliphatic rings. The van der Waals surface area contributed by atoms with Crippen LogP contribution in [0.3, 0.4) is 0 Å². The fourth-order valence-electron chi connectivity index (χ4n) is 1.41. The molecule has 0 heterocycles. The Morgan fingerprint density at radius 1 is 0.500 bits per heavy atom. The molecule has 1 rings (SSSR count). The molecular formula is C10H24N4O2. The molecule has 0 aromatic rings. The predicted octanol–water partition coefficient (Wildman–Crippen LogP) is 1.17. The topological polar surface area (TPSA) is 138 Å². The first-order chi connectivity index (χ1) is 7.46. The molecule has 0 saturated heterocycles. The van der Waals surface area contributed by atoms with Crippen molar-refractivity contribution in [3.63, 3.8) is 0 Å². The van der Waals surface area contributed by atoms with Crippen LogP contribution in [-0.2, 0) is 0 Å². The van der Waals surface area contributed by atoms with Crippen LogP contribution in [0.15, 0.2) is 0 Å². The first-order valence-corrected chi connectivity index (χ1v) is 5.56. The minimum absolute atomic E-state index is 0.833. The number of carbonyl (C=O) groups excluding carboxylic acids is 2. The third-order valence-electron chi connectivity index (χ3n) is 2.00. The molecular weight excluding hydrogens is 208 g/mol. The maximum absolute atomic E-state index is 9.00. The molecule has 0 radical (unpaired) electrons. The molecule has 1 fully saturated rings. The highest BCUT2D eigenvalue weighted by atomic mass is 16.2. The van der Waals surface area contributed by atoms with Gasteiger partial charge in [0.2, 0.25) is 0 Å². The van der Waals surface area contributed by atoms with Gasteiger partial charge in [0, 0.05) is 0 Å². The van der Waals surface area contributed by atoms with Gasteiger partial charge in [0.25, 0.3) is 0 Å². The Bertz CT molecular complexity index is 142. The molecule has 1 saturated carbocycles. The molecule has 4 amide bonds. The van der Waals surface area contributed by atoms with Crippen molar-refractivity contribution < 1.29 is 9.59 Å². The Hall–Kier alpha value is -1.46. The van der Waals surface area contributed by atoms with E-state index in [1.807, 2.05) is 0 Å². The minimum atomic E-state index is -0.833. The average Bonchev–Trinajstić information content (AvgIpc) is 1.98. The fourth-order valence-corrected chi connectivity index (χ4v) is 1.41. The Kier molecular flexibility index (Phi) is 14.3. The lowest BCUT2D eigenvalue weighted by atomic mass is 10.0. The van der Waals surface area contributed by atoms with Crippen molar-refractivity contribution in [3.05, 3.63) is 0 Å². The van der Waals surface area contributed by atoms with Gasteiger partial charge in [0.05, 0.1) is 0 Å². The number of carbonyl (C=O) groups is 2. The van der Waals surface area contributed by atoms with Crippen LogP contribution in [0, 0.1) is 0 Å². The molecule has 8 N–H and O–H groups in total. The van der Waals surface area contributed by atoms with Gasteiger partial charge in [-0.25, -0.2) is 9.59 Å². The van der Waals surface area contributed by atoms with Gasteiger partial charge in [-0.3, -0.25) is 0 Å². The zero-order chi connectivity index (χ0) is 12.8. The van der Waals surface area contributed by atoms with Gasteiger partial charge in [0.1, 0.15) is 0 Å². The molecule has 16 heavy (non-hydrogen) atoms. The molecule has 0 unspecified atom stereocenters. The third-order valence-corrected chi connectivity index (χ3v) is 2.00. The molecule has 0 atom stereocenters. The van der Waals surface area contributed by atoms with Crippen molar-refractivity contribution in [1.82, 2.24) is 0 Å². The summed E-state index contributed by atoms with van der Waals surface area (Å²) in [5.74, 6) is 0. The summed E-state index contributed by atoms with van der Waals surface area (Å²) in [7, 11) is 0. The SMILES string of the molecule is C1CCCCCCC1.NC(N)=O.NC(N)=O. The van der Waals surface area contributed by atoms with Crippen molar-refractivity contribution in [2.24, 2.45) is 22.9 Å². The number of hydrogen-bond acceptors (Lipinski definition) is 2. The van der Waals surface area contributed by atoms with Gasteiger partial charge >= 0.3 is 12.1 Å². The molecule has 6 nitrogen and oxygen atoms in total. The molecule has 0 aliphatic heterocycles. The van der Waals surface area contributed by atoms with E-state index >= 15 is 0 Å². The van der Waals surface area contributed by atoms with E-state index in [1.54, 1.807) is 0 Å². The monoisotopic (exact) mass is 232 g/mol. The number of rotatable bonds is 0. The summed E-state index contributed by atoms with van der Waals surface area (Å²) in [5.41, 5.74) is 17.0. The van der Waals surface area contributed by atoms with Crippen molar-refractivity contribution >= 4 is 12.1 Å². The number of urea groups is 2. The molecule has 0 bridgehead atoms. The quantitative estimate of drug-likeness (QED) is 0.498. The van der Waals surface area contributed by atoms with Crippen LogP contribution in [0.5, 0.6) is 0 Å². The van der Waals surface area contributed by atoms with E-state index in [1.165, 1.54) is 51.4 Å². The van der Waals surface area contributed by atoms with E-state index in [4.69, 9.17) is 9.59 Å². The summed E-state index contributed by atoms with van der Waals surface area (Å²) in [4.78, 5) is 18.0. The van der Waals surface area contributed by atoms with Crippen LogP contribution in [0.1, 0.15) is 51.4 Å². The van der Waals surface area contributed by atoms with Gasteiger partial charge in [-0.2, -0.15) is 0 Å². The van der Waals surface area contributed by atoms with E-state index in [-0.39, 0.29) is 0 Å². The van der Waals surface area contributed by atoms with E-state index < -0.39 is 12.1 Å². The van der Waals surface area contributed by atoms with Crippen molar-refractivity contribution in [1.29, 1.82) is 0 Å². The average molecular weight is 232 g/mol. The van der Waals surface area contributed by atoms with Crippen molar-refractivity contribution in [2.75, 3.05) is 0 Å². The largest absolute Gasteiger partial charge is 0.352 e. The van der Waals surface area contributed by atoms with Crippen LogP contribution in [0.25, 0.3) is 0 Å². The second-order valence-electron chi connectivity index (χ2n) is 3.63. The third kappa shape index (κ3) is 39.0. The van der Waals surface area contributed by atoms with Crippen molar-refractivity contribution in [2.45, 2.75) is 51.4 Å². The number of amides is 4. The van der Waals surface area contributed by atoms with Crippen LogP contribution >= 0.6 is 0 Å². The molecule has 96 valence electrons. The Morgan fingerprint density at radius 2 is 0.562 bits per heavy atom. The lowest BCUT2D eigenvalue weighted by Gasteiger charge is -2.05. The lowest BCUT2D eigenvalue weighted by molar-refractivity contribution is 0.255. The first kappa shape index (κ1) is 17.0. The normalized spacial score (nSPS) is 15.0. The van der Waals surface area contributed by atoms with Gasteiger partial charge in [-0.05, 0) is 0 Å². The Balaban J connectivity index is 0. The summed E-state index contributed by atoms with van der Waals surface area (Å²) < 4.78 is 0. The van der Waals surface area contributed by atoms with Crippen LogP contribution in [-0.4, -0.2) is 12.1 Å². The standard InChI is InChI=1S/C8H16.2CH4N2O/c1-2-4-6-8-7-5-3-1;2*2-1(3)4/h1-8H2;2*(H4,2,3,4). The van der Waals surface area contributed by atoms with E-state index in [9.17, 15) is 0 Å². The maximum Gasteiger partial charge on any atom is 0.309 e. The minimum Gasteiger partial charge on any atom is -0.352 e. The van der Waals surface area contributed by atoms with Gasteiger partial charge in [-0.15, -0.1) is 0 Å². The summed E-state index contributed by atoms with van der Waals surface area (Å²) in [6.07, 6.45) is 12.0. The fraction of sp³-hybridized carbons (Fsp3) is 0.800. The molecule has 0 spiro atoms. The smallest absolute Gasteiger partial charge is 0.309 e. The Labute approximate surface area is 96.7 Å². The van der Waals surface area contributed by atoms with Crippen LogP contribution in [0.2, 0.25) is 0 Å². The number of nitrogens with two attached hydrogens (primary N) is 4. The van der Waals surface area contributed by atoms with E-state index in [2.05, 4.69) is 22.9 Å². The van der Waals surface area contributed by atoms with Gasteiger partial charge < -0.3 is 22.9 Å². The second-order valence-corrected chi connectivity index (χ2v) is 3.63. The zero-order valence-electron chi connectivity index (χ0n) is 9.78. The summed E-state index contributed by atoms with van der Waals surface area (Å²) in [6.45, 7) is 0. The highest BCUT2D eigenvalue weighted by Gasteiger charge is 1.95. The first-order valence-electron chi connectivity index (χ1n) is 5.56. The maximum atomic E-state index is 9.00. The van der Waals surface area contributed by atoms with Crippen LogP contribution in [0.4, 0.5) is 9.59 Å². The lowest BCUT2D eigenvalue weighted by Crippen LogP contribution is -2.18. The highest BCUT2D eigenvalue weighted by Crippen LogP contribution is 2.15. The summed E-state index contributed by atoms with van der Waals surface area (Å²) in [6, 6.07) is -1.67. The van der Waals surface area contributed by atoms with Gasteiger partial charge in [-0.1, -0.05) is 51.4 Å². The predicted molar refractivity (Wildman–Crippen MR) is 64.5 cm³/mol. The van der Waals surface area contributed by atoms with Gasteiger partial charge in [0.15, 0.2) is 0 Å². The number of hydrogen-bond donors (Lipinski definition) is 4. The Morgan fingerprint density at radius 3 is 0.625 bits per heavy atom.